The summed E-state index contributed by atoms with van der Waals surface area (Å²) in [6.07, 6.45) is 0.355. The number of hydrogen-bond donors (Lipinski definition) is 1. The molecule has 1 N–H and O–H groups in total. The molecule has 13 heavy (non-hydrogen) atoms. The maximum Gasteiger partial charge on any atom is 0.127 e. The fourth-order valence-corrected chi connectivity index (χ4v) is 1.61. The van der Waals surface area contributed by atoms with E-state index in [2.05, 4.69) is 5.32 Å². The van der Waals surface area contributed by atoms with Gasteiger partial charge in [0.2, 0.25) is 0 Å². The zero-order valence-corrected chi connectivity index (χ0v) is 7.19. The molecule has 2 rings (SSSR count). The Morgan fingerprint density at radius 2 is 2.23 bits per heavy atom. The van der Waals surface area contributed by atoms with E-state index in [1.807, 2.05) is 0 Å². The van der Waals surface area contributed by atoms with E-state index in [9.17, 15) is 8.78 Å². The van der Waals surface area contributed by atoms with Gasteiger partial charge in [0.1, 0.15) is 12.0 Å². The first-order chi connectivity index (χ1) is 6.27. The molecule has 1 aliphatic heterocycles. The highest BCUT2D eigenvalue weighted by molar-refractivity contribution is 5.53. The lowest BCUT2D eigenvalue weighted by molar-refractivity contribution is 0.324. The number of hydrogen-bond acceptors (Lipinski definition) is 1. The van der Waals surface area contributed by atoms with E-state index in [0.29, 0.717) is 17.7 Å². The van der Waals surface area contributed by atoms with Gasteiger partial charge >= 0.3 is 0 Å². The zero-order chi connectivity index (χ0) is 9.26. The van der Waals surface area contributed by atoms with Crippen molar-refractivity contribution in [3.05, 3.63) is 29.6 Å². The van der Waals surface area contributed by atoms with E-state index in [0.717, 1.165) is 13.0 Å². The van der Waals surface area contributed by atoms with Gasteiger partial charge in [0.15, 0.2) is 0 Å². The molecule has 3 heteroatoms. The molecule has 0 saturated heterocycles. The van der Waals surface area contributed by atoms with Gasteiger partial charge in [-0.1, -0.05) is 6.07 Å². The molecule has 0 amide bonds. The van der Waals surface area contributed by atoms with Crippen LogP contribution in [-0.2, 0) is 0 Å². The van der Waals surface area contributed by atoms with Crippen molar-refractivity contribution >= 4 is 5.69 Å². The second kappa shape index (κ2) is 3.32. The Kier molecular flexibility index (Phi) is 2.17. The Bertz CT molecular complexity index is 312. The SMILES string of the molecule is Fc1ccc2c(c1)NCCCC2F. The lowest BCUT2D eigenvalue weighted by Gasteiger charge is -2.09. The van der Waals surface area contributed by atoms with E-state index in [4.69, 9.17) is 0 Å². The number of anilines is 1. The quantitative estimate of drug-likeness (QED) is 0.651. The Hall–Kier alpha value is -1.12. The van der Waals surface area contributed by atoms with Crippen LogP contribution in [0.1, 0.15) is 24.6 Å². The summed E-state index contributed by atoms with van der Waals surface area (Å²) in [7, 11) is 0. The minimum atomic E-state index is -0.953. The van der Waals surface area contributed by atoms with Crippen molar-refractivity contribution in [2.75, 3.05) is 11.9 Å². The Balaban J connectivity index is 2.42. The number of nitrogens with one attached hydrogen (secondary N) is 1. The van der Waals surface area contributed by atoms with Crippen LogP contribution in [0.3, 0.4) is 0 Å². The zero-order valence-electron chi connectivity index (χ0n) is 7.19. The fourth-order valence-electron chi connectivity index (χ4n) is 1.61. The molecule has 70 valence electrons. The molecule has 0 aromatic heterocycles. The van der Waals surface area contributed by atoms with Crippen LogP contribution in [0.5, 0.6) is 0 Å². The van der Waals surface area contributed by atoms with Crippen LogP contribution in [0, 0.1) is 5.82 Å². The van der Waals surface area contributed by atoms with Crippen LogP contribution >= 0.6 is 0 Å². The van der Waals surface area contributed by atoms with Crippen LogP contribution in [-0.4, -0.2) is 6.54 Å². The molecule has 1 nitrogen and oxygen atoms in total. The highest BCUT2D eigenvalue weighted by Crippen LogP contribution is 2.32. The van der Waals surface area contributed by atoms with Gasteiger partial charge in [0.05, 0.1) is 0 Å². The first-order valence-electron chi connectivity index (χ1n) is 4.45. The number of benzene rings is 1. The third kappa shape index (κ3) is 1.64. The third-order valence-corrected chi connectivity index (χ3v) is 2.30. The van der Waals surface area contributed by atoms with E-state index in [1.165, 1.54) is 18.2 Å². The number of rotatable bonds is 0. The molecule has 1 heterocycles. The monoisotopic (exact) mass is 183 g/mol. The van der Waals surface area contributed by atoms with Gasteiger partial charge < -0.3 is 5.32 Å². The summed E-state index contributed by atoms with van der Waals surface area (Å²) in [4.78, 5) is 0. The molecule has 1 aromatic carbocycles. The first kappa shape index (κ1) is 8.48. The maximum absolute atomic E-state index is 13.4. The van der Waals surface area contributed by atoms with Gasteiger partial charge in [0, 0.05) is 17.8 Å². The minimum Gasteiger partial charge on any atom is -0.385 e. The van der Waals surface area contributed by atoms with E-state index < -0.39 is 6.17 Å². The average Bonchev–Trinajstić information content (AvgIpc) is 2.28. The van der Waals surface area contributed by atoms with Crippen molar-refractivity contribution in [2.24, 2.45) is 0 Å². The summed E-state index contributed by atoms with van der Waals surface area (Å²) in [6, 6.07) is 4.18. The molecule has 0 radical (unpaired) electrons. The molecule has 1 unspecified atom stereocenters. The van der Waals surface area contributed by atoms with Gasteiger partial charge in [-0.05, 0) is 25.0 Å². The molecule has 0 bridgehead atoms. The number of alkyl halides is 1. The predicted octanol–water partition coefficient (Wildman–Crippen LogP) is 3.04. The van der Waals surface area contributed by atoms with Crippen LogP contribution < -0.4 is 5.32 Å². The summed E-state index contributed by atoms with van der Waals surface area (Å²) in [5.41, 5.74) is 1.18. The van der Waals surface area contributed by atoms with Crippen molar-refractivity contribution in [2.45, 2.75) is 19.0 Å². The average molecular weight is 183 g/mol. The molecule has 0 aliphatic carbocycles. The molecular formula is C10H11F2N. The van der Waals surface area contributed by atoms with Crippen molar-refractivity contribution < 1.29 is 8.78 Å². The van der Waals surface area contributed by atoms with Gasteiger partial charge in [-0.3, -0.25) is 0 Å². The third-order valence-electron chi connectivity index (χ3n) is 2.30. The van der Waals surface area contributed by atoms with Gasteiger partial charge in [-0.2, -0.15) is 0 Å². The molecule has 1 atom stereocenters. The Morgan fingerprint density at radius 1 is 1.38 bits per heavy atom. The lowest BCUT2D eigenvalue weighted by Crippen LogP contribution is -1.99. The summed E-state index contributed by atoms with van der Waals surface area (Å²) in [6.45, 7) is 0.719. The second-order valence-electron chi connectivity index (χ2n) is 3.27. The molecule has 1 aromatic rings. The fraction of sp³-hybridized carbons (Fsp3) is 0.400. The molecule has 0 fully saturated rings. The lowest BCUT2D eigenvalue weighted by atomic mass is 10.1. The van der Waals surface area contributed by atoms with E-state index in [-0.39, 0.29) is 5.82 Å². The Labute approximate surface area is 75.8 Å². The van der Waals surface area contributed by atoms with Crippen LogP contribution in [0.25, 0.3) is 0 Å². The standard InChI is InChI=1S/C10H11F2N/c11-7-3-4-8-9(12)2-1-5-13-10(8)6-7/h3-4,6,9,13H,1-2,5H2. The summed E-state index contributed by atoms with van der Waals surface area (Å²) in [5.74, 6) is -0.319. The molecular weight excluding hydrogens is 172 g/mol. The summed E-state index contributed by atoms with van der Waals surface area (Å²) in [5, 5.41) is 3.02. The summed E-state index contributed by atoms with van der Waals surface area (Å²) >= 11 is 0. The van der Waals surface area contributed by atoms with Crippen molar-refractivity contribution in [3.63, 3.8) is 0 Å². The maximum atomic E-state index is 13.4. The first-order valence-corrected chi connectivity index (χ1v) is 4.45. The largest absolute Gasteiger partial charge is 0.385 e. The van der Waals surface area contributed by atoms with Gasteiger partial charge in [-0.15, -0.1) is 0 Å². The molecule has 0 spiro atoms. The van der Waals surface area contributed by atoms with Crippen molar-refractivity contribution in [3.8, 4) is 0 Å². The van der Waals surface area contributed by atoms with E-state index >= 15 is 0 Å². The predicted molar refractivity (Wildman–Crippen MR) is 48.0 cm³/mol. The van der Waals surface area contributed by atoms with Gasteiger partial charge in [-0.25, -0.2) is 8.78 Å². The number of fused-ring (bicyclic) bond motifs is 1. The van der Waals surface area contributed by atoms with Gasteiger partial charge in [0.25, 0.3) is 0 Å². The van der Waals surface area contributed by atoms with Crippen LogP contribution in [0.15, 0.2) is 18.2 Å². The molecule has 1 aliphatic rings. The topological polar surface area (TPSA) is 12.0 Å². The van der Waals surface area contributed by atoms with E-state index in [1.54, 1.807) is 0 Å². The number of halogens is 2. The minimum absolute atomic E-state index is 0.319. The highest BCUT2D eigenvalue weighted by atomic mass is 19.1. The smallest absolute Gasteiger partial charge is 0.127 e. The summed E-state index contributed by atoms with van der Waals surface area (Å²) < 4.78 is 26.2. The Morgan fingerprint density at radius 3 is 3.08 bits per heavy atom. The van der Waals surface area contributed by atoms with Crippen molar-refractivity contribution in [1.29, 1.82) is 0 Å². The molecule has 0 saturated carbocycles. The highest BCUT2D eigenvalue weighted by Gasteiger charge is 2.17. The van der Waals surface area contributed by atoms with Crippen LogP contribution in [0.4, 0.5) is 14.5 Å². The second-order valence-corrected chi connectivity index (χ2v) is 3.27. The van der Waals surface area contributed by atoms with Crippen molar-refractivity contribution in [1.82, 2.24) is 0 Å². The normalized spacial score (nSPS) is 21.5. The van der Waals surface area contributed by atoms with Crippen LogP contribution in [0.2, 0.25) is 0 Å².